The number of nitrogens with zero attached hydrogens (tertiary/aromatic N) is 1. The largest absolute Gasteiger partial charge is 0.399 e. The van der Waals surface area contributed by atoms with Gasteiger partial charge >= 0.3 is 0 Å². The molecule has 0 radical (unpaired) electrons. The molecule has 0 aliphatic carbocycles. The van der Waals surface area contributed by atoms with Gasteiger partial charge in [-0.05, 0) is 31.0 Å². The second-order valence-electron chi connectivity index (χ2n) is 4.55. The number of amides is 1. The first-order valence-electron chi connectivity index (χ1n) is 6.56. The number of hydrogen-bond donors (Lipinski definition) is 4. The molecular weight excluding hydrogens is 274 g/mol. The molecule has 6 nitrogen and oxygen atoms in total. The van der Waals surface area contributed by atoms with E-state index in [0.29, 0.717) is 6.42 Å². The van der Waals surface area contributed by atoms with E-state index in [1.54, 1.807) is 11.8 Å². The summed E-state index contributed by atoms with van der Waals surface area (Å²) in [5.41, 5.74) is 10.5. The summed E-state index contributed by atoms with van der Waals surface area (Å²) >= 11 is 1.68. The molecule has 1 amide bonds. The third-order valence-corrected chi connectivity index (χ3v) is 3.89. The van der Waals surface area contributed by atoms with Gasteiger partial charge in [-0.2, -0.15) is 0 Å². The fourth-order valence-corrected chi connectivity index (χ4v) is 2.76. The fourth-order valence-electron chi connectivity index (χ4n) is 1.88. The number of aromatic nitrogens is 2. The van der Waals surface area contributed by atoms with Crippen LogP contribution in [0.4, 0.5) is 5.69 Å². The quantitative estimate of drug-likeness (QED) is 0.155. The van der Waals surface area contributed by atoms with Crippen LogP contribution in [0, 0.1) is 0 Å². The molecule has 2 rings (SSSR count). The van der Waals surface area contributed by atoms with Crippen molar-refractivity contribution in [3.8, 4) is 0 Å². The van der Waals surface area contributed by atoms with E-state index in [-0.39, 0.29) is 5.91 Å². The molecule has 1 aromatic heterocycles. The highest BCUT2D eigenvalue weighted by molar-refractivity contribution is 7.99. The number of anilines is 1. The van der Waals surface area contributed by atoms with Crippen LogP contribution < -0.4 is 17.0 Å². The summed E-state index contributed by atoms with van der Waals surface area (Å²) in [6.45, 7) is 0. The Balaban J connectivity index is 1.72. The smallest absolute Gasteiger partial charge is 0.233 e. The number of benzene rings is 1. The molecule has 0 aliphatic heterocycles. The number of aromatic amines is 1. The van der Waals surface area contributed by atoms with Gasteiger partial charge in [-0.15, -0.1) is 0 Å². The zero-order valence-corrected chi connectivity index (χ0v) is 12.0. The van der Waals surface area contributed by atoms with Crippen LogP contribution in [-0.2, 0) is 4.79 Å². The predicted octanol–water partition coefficient (Wildman–Crippen LogP) is 1.79. The minimum Gasteiger partial charge on any atom is -0.399 e. The van der Waals surface area contributed by atoms with Crippen molar-refractivity contribution >= 4 is 34.4 Å². The molecule has 0 atom stereocenters. The molecule has 108 valence electrons. The molecule has 0 unspecified atom stereocenters. The Bertz CT molecular complexity index is 583. The zero-order valence-electron chi connectivity index (χ0n) is 11.2. The number of carbonyl (C=O) groups excluding carboxylic acids is 1. The number of thioether (sulfide) groups is 1. The molecular formula is C13H19N5OS. The summed E-state index contributed by atoms with van der Waals surface area (Å²) in [6, 6.07) is 5.65. The standard InChI is InChI=1S/C13H19N5OS/c14-9-5-6-10-11(8-9)17-13(16-10)20-7-3-1-2-4-12(19)18-15/h5-6,8H,1-4,7,14-15H2,(H,16,17)(H,18,19). The van der Waals surface area contributed by atoms with Crippen LogP contribution in [0.1, 0.15) is 25.7 Å². The molecule has 2 aromatic rings. The van der Waals surface area contributed by atoms with Crippen molar-refractivity contribution in [3.05, 3.63) is 18.2 Å². The third-order valence-electron chi connectivity index (χ3n) is 2.93. The van der Waals surface area contributed by atoms with Gasteiger partial charge in [-0.25, -0.2) is 10.8 Å². The normalized spacial score (nSPS) is 10.8. The van der Waals surface area contributed by atoms with Crippen LogP contribution in [0.3, 0.4) is 0 Å². The Morgan fingerprint density at radius 3 is 3.00 bits per heavy atom. The number of hydrogen-bond acceptors (Lipinski definition) is 5. The first kappa shape index (κ1) is 14.7. The summed E-state index contributed by atoms with van der Waals surface area (Å²) in [4.78, 5) is 18.7. The van der Waals surface area contributed by atoms with Crippen molar-refractivity contribution in [3.63, 3.8) is 0 Å². The zero-order chi connectivity index (χ0) is 14.4. The first-order chi connectivity index (χ1) is 9.69. The highest BCUT2D eigenvalue weighted by Gasteiger charge is 2.03. The number of unbranched alkanes of at least 4 members (excludes halogenated alkanes) is 2. The maximum Gasteiger partial charge on any atom is 0.233 e. The van der Waals surface area contributed by atoms with Gasteiger partial charge in [0.05, 0.1) is 11.0 Å². The lowest BCUT2D eigenvalue weighted by molar-refractivity contribution is -0.121. The molecule has 1 heterocycles. The average Bonchev–Trinajstić information content (AvgIpc) is 2.84. The van der Waals surface area contributed by atoms with E-state index >= 15 is 0 Å². The minimum absolute atomic E-state index is 0.104. The second-order valence-corrected chi connectivity index (χ2v) is 5.63. The molecule has 0 saturated carbocycles. The van der Waals surface area contributed by atoms with E-state index in [9.17, 15) is 4.79 Å². The third kappa shape index (κ3) is 4.14. The van der Waals surface area contributed by atoms with Gasteiger partial charge in [0, 0.05) is 17.9 Å². The van der Waals surface area contributed by atoms with E-state index in [1.165, 1.54) is 0 Å². The van der Waals surface area contributed by atoms with Crippen molar-refractivity contribution in [1.29, 1.82) is 0 Å². The lowest BCUT2D eigenvalue weighted by Crippen LogP contribution is -2.29. The summed E-state index contributed by atoms with van der Waals surface area (Å²) in [5.74, 6) is 5.88. The summed E-state index contributed by atoms with van der Waals surface area (Å²) in [5, 5.41) is 0.908. The molecule has 0 aliphatic rings. The Kier molecular flexibility index (Phi) is 5.25. The van der Waals surface area contributed by atoms with Crippen molar-refractivity contribution in [1.82, 2.24) is 15.4 Å². The Hall–Kier alpha value is -1.73. The first-order valence-corrected chi connectivity index (χ1v) is 7.55. The molecule has 0 bridgehead atoms. The predicted molar refractivity (Wildman–Crippen MR) is 82.0 cm³/mol. The summed E-state index contributed by atoms with van der Waals surface area (Å²) < 4.78 is 0. The molecule has 0 saturated heterocycles. The Morgan fingerprint density at radius 1 is 1.35 bits per heavy atom. The number of rotatable bonds is 7. The van der Waals surface area contributed by atoms with Gasteiger partial charge in [0.15, 0.2) is 5.16 Å². The lowest BCUT2D eigenvalue weighted by Gasteiger charge is -2.00. The van der Waals surface area contributed by atoms with E-state index < -0.39 is 0 Å². The van der Waals surface area contributed by atoms with Gasteiger partial charge in [0.1, 0.15) is 0 Å². The van der Waals surface area contributed by atoms with Gasteiger partial charge < -0.3 is 10.7 Å². The molecule has 7 heteroatoms. The van der Waals surface area contributed by atoms with Gasteiger partial charge in [-0.3, -0.25) is 10.2 Å². The summed E-state index contributed by atoms with van der Waals surface area (Å²) in [6.07, 6.45) is 3.40. The Morgan fingerprint density at radius 2 is 2.20 bits per heavy atom. The van der Waals surface area contributed by atoms with Crippen molar-refractivity contribution < 1.29 is 4.79 Å². The monoisotopic (exact) mass is 293 g/mol. The molecule has 0 fully saturated rings. The number of imidazole rings is 1. The van der Waals surface area contributed by atoms with Gasteiger partial charge in [0.25, 0.3) is 0 Å². The lowest BCUT2D eigenvalue weighted by atomic mass is 10.2. The minimum atomic E-state index is -0.104. The topological polar surface area (TPSA) is 110 Å². The van der Waals surface area contributed by atoms with Crippen molar-refractivity contribution in [2.24, 2.45) is 5.84 Å². The maximum atomic E-state index is 10.9. The molecule has 6 N–H and O–H groups in total. The summed E-state index contributed by atoms with van der Waals surface area (Å²) in [7, 11) is 0. The Labute approximate surface area is 121 Å². The molecule has 1 aromatic carbocycles. The number of H-pyrrole nitrogens is 1. The van der Waals surface area contributed by atoms with E-state index in [4.69, 9.17) is 11.6 Å². The number of nitrogen functional groups attached to an aromatic ring is 1. The van der Waals surface area contributed by atoms with E-state index in [1.807, 2.05) is 18.2 Å². The van der Waals surface area contributed by atoms with Crippen molar-refractivity contribution in [2.45, 2.75) is 30.8 Å². The second kappa shape index (κ2) is 7.16. The van der Waals surface area contributed by atoms with Crippen LogP contribution in [0.5, 0.6) is 0 Å². The van der Waals surface area contributed by atoms with Crippen LogP contribution in [-0.4, -0.2) is 21.6 Å². The van der Waals surface area contributed by atoms with E-state index in [0.717, 1.165) is 46.9 Å². The maximum absolute atomic E-state index is 10.9. The average molecular weight is 293 g/mol. The SMILES string of the molecule is NNC(=O)CCCCCSc1nc2ccc(N)cc2[nH]1. The van der Waals surface area contributed by atoms with Crippen LogP contribution in [0.15, 0.2) is 23.4 Å². The van der Waals surface area contributed by atoms with E-state index in [2.05, 4.69) is 15.4 Å². The number of nitrogens with one attached hydrogen (secondary N) is 2. The fraction of sp³-hybridized carbons (Fsp3) is 0.385. The van der Waals surface area contributed by atoms with Gasteiger partial charge in [-0.1, -0.05) is 18.2 Å². The van der Waals surface area contributed by atoms with Crippen LogP contribution in [0.25, 0.3) is 11.0 Å². The highest BCUT2D eigenvalue weighted by atomic mass is 32.2. The number of hydrazine groups is 1. The highest BCUT2D eigenvalue weighted by Crippen LogP contribution is 2.22. The molecule has 20 heavy (non-hydrogen) atoms. The number of carbonyl (C=O) groups is 1. The molecule has 0 spiro atoms. The van der Waals surface area contributed by atoms with Crippen molar-refractivity contribution in [2.75, 3.05) is 11.5 Å². The number of nitrogens with two attached hydrogens (primary N) is 2. The van der Waals surface area contributed by atoms with Crippen LogP contribution in [0.2, 0.25) is 0 Å². The van der Waals surface area contributed by atoms with Gasteiger partial charge in [0.2, 0.25) is 5.91 Å². The van der Waals surface area contributed by atoms with Crippen LogP contribution >= 0.6 is 11.8 Å². The number of fused-ring (bicyclic) bond motifs is 1.